The molecule has 132 valence electrons. The second kappa shape index (κ2) is 9.84. The molecular weight excluding hydrogens is 328 g/mol. The lowest BCUT2D eigenvalue weighted by Crippen LogP contribution is -2.33. The van der Waals surface area contributed by atoms with Gasteiger partial charge in [-0.1, -0.05) is 13.2 Å². The molecule has 0 aliphatic carbocycles. The molecule has 0 heterocycles. The van der Waals surface area contributed by atoms with Crippen molar-refractivity contribution < 1.29 is 23.2 Å². The van der Waals surface area contributed by atoms with Crippen molar-refractivity contribution >= 4 is 29.3 Å². The molecule has 1 unspecified atom stereocenters. The minimum atomic E-state index is -1.51. The van der Waals surface area contributed by atoms with E-state index in [1.807, 2.05) is 0 Å². The van der Waals surface area contributed by atoms with E-state index in [-0.39, 0.29) is 11.1 Å². The predicted molar refractivity (Wildman–Crippen MR) is 97.1 cm³/mol. The molecule has 0 saturated carbocycles. The molecule has 0 aliphatic heterocycles. The van der Waals surface area contributed by atoms with Crippen molar-refractivity contribution in [2.75, 3.05) is 0 Å². The third-order valence-electron chi connectivity index (χ3n) is 2.78. The van der Waals surface area contributed by atoms with E-state index >= 15 is 0 Å². The van der Waals surface area contributed by atoms with Gasteiger partial charge < -0.3 is 13.6 Å². The Morgan fingerprint density at radius 3 is 1.83 bits per heavy atom. The van der Waals surface area contributed by atoms with Crippen LogP contribution in [0.5, 0.6) is 0 Å². The number of hydrogen-bond acceptors (Lipinski definition) is 5. The Morgan fingerprint density at radius 2 is 1.48 bits per heavy atom. The molecule has 7 heteroatoms. The standard InChI is InChI=1S/C16H30O5Si2/c1-12(2)15(17)19-14(20-16(18)13(3)4)10-9-11-22(5)21-23(6,7)8/h14,22H,1,3,9-11H2,2,4-8H3. The summed E-state index contributed by atoms with van der Waals surface area (Å²) in [5, 5.41) is 0. The van der Waals surface area contributed by atoms with E-state index in [4.69, 9.17) is 13.6 Å². The van der Waals surface area contributed by atoms with Gasteiger partial charge in [0.15, 0.2) is 17.4 Å². The minimum Gasteiger partial charge on any atom is -0.458 e. The third-order valence-corrected chi connectivity index (χ3v) is 8.44. The van der Waals surface area contributed by atoms with E-state index in [9.17, 15) is 9.59 Å². The van der Waals surface area contributed by atoms with Crippen LogP contribution in [0.15, 0.2) is 24.3 Å². The maximum atomic E-state index is 11.6. The number of carbonyl (C=O) groups excluding carboxylic acids is 2. The fourth-order valence-electron chi connectivity index (χ4n) is 1.82. The molecular formula is C16H30O5Si2. The molecule has 0 amide bonds. The summed E-state index contributed by atoms with van der Waals surface area (Å²) in [4.78, 5) is 23.3. The largest absolute Gasteiger partial charge is 0.458 e. The molecule has 23 heavy (non-hydrogen) atoms. The highest BCUT2D eigenvalue weighted by Crippen LogP contribution is 2.15. The van der Waals surface area contributed by atoms with Crippen molar-refractivity contribution in [3.05, 3.63) is 24.3 Å². The van der Waals surface area contributed by atoms with Crippen LogP contribution in [-0.2, 0) is 23.2 Å². The van der Waals surface area contributed by atoms with Gasteiger partial charge in [0.05, 0.1) is 0 Å². The van der Waals surface area contributed by atoms with Crippen LogP contribution in [0.2, 0.25) is 32.2 Å². The Hall–Kier alpha value is -1.19. The zero-order chi connectivity index (χ0) is 18.2. The highest BCUT2D eigenvalue weighted by molar-refractivity contribution is 6.77. The van der Waals surface area contributed by atoms with Crippen molar-refractivity contribution in [3.8, 4) is 0 Å². The number of hydrogen-bond donors (Lipinski definition) is 0. The molecule has 0 spiro atoms. The van der Waals surface area contributed by atoms with Crippen LogP contribution in [0.3, 0.4) is 0 Å². The zero-order valence-corrected chi connectivity index (χ0v) is 17.4. The van der Waals surface area contributed by atoms with Gasteiger partial charge in [0, 0.05) is 17.6 Å². The van der Waals surface area contributed by atoms with Gasteiger partial charge in [-0.15, -0.1) is 0 Å². The Balaban J connectivity index is 4.51. The van der Waals surface area contributed by atoms with Crippen LogP contribution in [-0.4, -0.2) is 35.6 Å². The molecule has 0 bridgehead atoms. The first-order valence-electron chi connectivity index (χ1n) is 7.83. The lowest BCUT2D eigenvalue weighted by Gasteiger charge is -2.24. The van der Waals surface area contributed by atoms with Gasteiger partial charge in [0.1, 0.15) is 0 Å². The molecule has 0 N–H and O–H groups in total. The zero-order valence-electron chi connectivity index (χ0n) is 15.2. The number of ether oxygens (including phenoxy) is 2. The molecule has 0 radical (unpaired) electrons. The molecule has 0 fully saturated rings. The summed E-state index contributed by atoms with van der Waals surface area (Å²) in [6, 6.07) is 0.940. The van der Waals surface area contributed by atoms with E-state index < -0.39 is 35.6 Å². The van der Waals surface area contributed by atoms with Gasteiger partial charge in [-0.2, -0.15) is 0 Å². The Kier molecular flexibility index (Phi) is 9.33. The molecule has 0 aromatic rings. The molecule has 0 aromatic heterocycles. The van der Waals surface area contributed by atoms with Gasteiger partial charge in [-0.25, -0.2) is 9.59 Å². The molecule has 0 rings (SSSR count). The lowest BCUT2D eigenvalue weighted by atomic mass is 10.3. The topological polar surface area (TPSA) is 61.8 Å². The molecule has 1 atom stereocenters. The number of rotatable bonds is 10. The summed E-state index contributed by atoms with van der Waals surface area (Å²) in [6.07, 6.45) is 0.316. The van der Waals surface area contributed by atoms with Gasteiger partial charge >= 0.3 is 11.9 Å². The maximum absolute atomic E-state index is 11.6. The SMILES string of the molecule is C=C(C)C(=O)OC(CCC[SiH](C)O[Si](C)(C)C)OC(=O)C(=C)C. The fourth-order valence-corrected chi connectivity index (χ4v) is 7.93. The van der Waals surface area contributed by atoms with Crippen LogP contribution in [0.25, 0.3) is 0 Å². The van der Waals surface area contributed by atoms with Crippen molar-refractivity contribution in [2.45, 2.75) is 65.2 Å². The van der Waals surface area contributed by atoms with Crippen LogP contribution >= 0.6 is 0 Å². The summed E-state index contributed by atoms with van der Waals surface area (Å²) in [5.41, 5.74) is 0.539. The second-order valence-electron chi connectivity index (χ2n) is 6.77. The van der Waals surface area contributed by atoms with Gasteiger partial charge in [-0.05, 0) is 52.5 Å². The summed E-state index contributed by atoms with van der Waals surface area (Å²) in [7, 11) is -2.76. The smallest absolute Gasteiger partial charge is 0.336 e. The summed E-state index contributed by atoms with van der Waals surface area (Å²) >= 11 is 0. The first-order chi connectivity index (χ1) is 10.4. The van der Waals surface area contributed by atoms with E-state index in [1.165, 1.54) is 0 Å². The number of esters is 2. The third kappa shape index (κ3) is 11.1. The normalized spacial score (nSPS) is 12.7. The number of carbonyl (C=O) groups is 2. The summed E-state index contributed by atoms with van der Waals surface area (Å²) < 4.78 is 16.4. The lowest BCUT2D eigenvalue weighted by molar-refractivity contribution is -0.183. The Bertz CT molecular complexity index is 426. The van der Waals surface area contributed by atoms with Gasteiger partial charge in [-0.3, -0.25) is 0 Å². The van der Waals surface area contributed by atoms with Crippen LogP contribution in [0, 0.1) is 0 Å². The van der Waals surface area contributed by atoms with E-state index in [1.54, 1.807) is 13.8 Å². The molecule has 0 aromatic carbocycles. The fraction of sp³-hybridized carbons (Fsp3) is 0.625. The summed E-state index contributed by atoms with van der Waals surface area (Å²) in [6.45, 7) is 18.8. The monoisotopic (exact) mass is 358 g/mol. The van der Waals surface area contributed by atoms with E-state index in [0.29, 0.717) is 6.42 Å². The van der Waals surface area contributed by atoms with Crippen molar-refractivity contribution in [1.29, 1.82) is 0 Å². The quantitative estimate of drug-likeness (QED) is 0.259. The molecule has 0 aliphatic rings. The van der Waals surface area contributed by atoms with Crippen LogP contribution in [0.4, 0.5) is 0 Å². The second-order valence-corrected chi connectivity index (χ2v) is 14.1. The maximum Gasteiger partial charge on any atom is 0.336 e. The summed E-state index contributed by atoms with van der Waals surface area (Å²) in [5.74, 6) is -1.12. The molecule has 5 nitrogen and oxygen atoms in total. The van der Waals surface area contributed by atoms with Gasteiger partial charge in [0.2, 0.25) is 6.29 Å². The average Bonchev–Trinajstić information content (AvgIpc) is 2.35. The van der Waals surface area contributed by atoms with Crippen LogP contribution < -0.4 is 0 Å². The minimum absolute atomic E-state index is 0.270. The van der Waals surface area contributed by atoms with Crippen molar-refractivity contribution in [1.82, 2.24) is 0 Å². The van der Waals surface area contributed by atoms with Gasteiger partial charge in [0.25, 0.3) is 0 Å². The first-order valence-corrected chi connectivity index (χ1v) is 13.7. The highest BCUT2D eigenvalue weighted by atomic mass is 28.4. The molecule has 0 saturated heterocycles. The predicted octanol–water partition coefficient (Wildman–Crippen LogP) is 3.54. The Labute approximate surface area is 142 Å². The Morgan fingerprint density at radius 1 is 1.04 bits per heavy atom. The average molecular weight is 359 g/mol. The van der Waals surface area contributed by atoms with Crippen LogP contribution in [0.1, 0.15) is 26.7 Å². The highest BCUT2D eigenvalue weighted by Gasteiger charge is 2.22. The van der Waals surface area contributed by atoms with E-state index in [0.717, 1.165) is 12.5 Å². The van der Waals surface area contributed by atoms with Crippen molar-refractivity contribution in [3.63, 3.8) is 0 Å². The van der Waals surface area contributed by atoms with Crippen molar-refractivity contribution in [2.24, 2.45) is 0 Å². The van der Waals surface area contributed by atoms with E-state index in [2.05, 4.69) is 39.3 Å². The first kappa shape index (κ1) is 21.8.